The summed E-state index contributed by atoms with van der Waals surface area (Å²) in [6.45, 7) is 5.90. The summed E-state index contributed by atoms with van der Waals surface area (Å²) < 4.78 is 13.5. The number of amides is 1. The fraction of sp³-hybridized carbons (Fsp3) is 0.552. The van der Waals surface area contributed by atoms with E-state index < -0.39 is 0 Å². The summed E-state index contributed by atoms with van der Waals surface area (Å²) in [7, 11) is 0. The zero-order chi connectivity index (χ0) is 22.8. The maximum absolute atomic E-state index is 13.5. The van der Waals surface area contributed by atoms with Gasteiger partial charge >= 0.3 is 0 Å². The molecular weight excluding hydrogens is 411 g/mol. The van der Waals surface area contributed by atoms with Gasteiger partial charge in [-0.25, -0.2) is 4.39 Å². The number of carbonyl (C=O) groups is 1. The van der Waals surface area contributed by atoms with Crippen molar-refractivity contribution in [2.75, 3.05) is 19.6 Å². The van der Waals surface area contributed by atoms with Crippen molar-refractivity contribution < 1.29 is 9.18 Å². The number of fused-ring (bicyclic) bond motifs is 1. The van der Waals surface area contributed by atoms with E-state index in [2.05, 4.69) is 29.3 Å². The first-order valence-corrected chi connectivity index (χ1v) is 13.0. The summed E-state index contributed by atoms with van der Waals surface area (Å²) in [6.07, 6.45) is 9.74. The third-order valence-electron chi connectivity index (χ3n) is 8.26. The molecule has 2 aromatic rings. The Morgan fingerprint density at radius 3 is 2.48 bits per heavy atom. The van der Waals surface area contributed by atoms with Gasteiger partial charge in [-0.3, -0.25) is 4.79 Å². The van der Waals surface area contributed by atoms with Crippen LogP contribution in [0.5, 0.6) is 0 Å². The third-order valence-corrected chi connectivity index (χ3v) is 8.26. The van der Waals surface area contributed by atoms with Crippen LogP contribution in [0.25, 0.3) is 0 Å². The van der Waals surface area contributed by atoms with E-state index in [0.29, 0.717) is 17.8 Å². The Bertz CT molecular complexity index is 974. The fourth-order valence-electron chi connectivity index (χ4n) is 6.48. The molecule has 5 rings (SSSR count). The van der Waals surface area contributed by atoms with Crippen LogP contribution in [0.1, 0.15) is 83.5 Å². The van der Waals surface area contributed by atoms with Crippen LogP contribution in [0.4, 0.5) is 4.39 Å². The molecule has 1 aliphatic carbocycles. The Kier molecular flexibility index (Phi) is 6.82. The van der Waals surface area contributed by atoms with E-state index in [1.807, 2.05) is 12.1 Å². The zero-order valence-corrected chi connectivity index (χ0v) is 19.9. The minimum atomic E-state index is -0.179. The lowest BCUT2D eigenvalue weighted by atomic mass is 9.76. The van der Waals surface area contributed by atoms with Crippen molar-refractivity contribution in [1.82, 2.24) is 10.2 Å². The van der Waals surface area contributed by atoms with Gasteiger partial charge in [-0.05, 0) is 104 Å². The molecule has 2 heterocycles. The fourth-order valence-corrected chi connectivity index (χ4v) is 6.48. The van der Waals surface area contributed by atoms with Crippen LogP contribution in [0.3, 0.4) is 0 Å². The van der Waals surface area contributed by atoms with Crippen LogP contribution >= 0.6 is 0 Å². The highest BCUT2D eigenvalue weighted by Crippen LogP contribution is 2.38. The van der Waals surface area contributed by atoms with Gasteiger partial charge in [-0.1, -0.05) is 43.5 Å². The zero-order valence-electron chi connectivity index (χ0n) is 19.9. The molecule has 3 nitrogen and oxygen atoms in total. The number of hydrogen-bond donors (Lipinski definition) is 1. The Labute approximate surface area is 197 Å². The molecule has 0 radical (unpaired) electrons. The topological polar surface area (TPSA) is 32.3 Å². The predicted molar refractivity (Wildman–Crippen MR) is 131 cm³/mol. The third kappa shape index (κ3) is 5.01. The number of carbonyl (C=O) groups excluding carboxylic acids is 1. The molecule has 2 aromatic carbocycles. The van der Waals surface area contributed by atoms with Crippen molar-refractivity contribution in [2.45, 2.75) is 70.8 Å². The molecule has 2 fully saturated rings. The number of nitrogens with zero attached hydrogens (tertiary/aromatic N) is 1. The second-order valence-corrected chi connectivity index (χ2v) is 10.6. The van der Waals surface area contributed by atoms with Crippen LogP contribution in [-0.4, -0.2) is 30.4 Å². The highest BCUT2D eigenvalue weighted by molar-refractivity contribution is 5.99. The normalized spacial score (nSPS) is 20.8. The van der Waals surface area contributed by atoms with E-state index in [1.165, 1.54) is 48.8 Å². The molecule has 2 aliphatic heterocycles. The second kappa shape index (κ2) is 9.97. The highest BCUT2D eigenvalue weighted by atomic mass is 19.1. The summed E-state index contributed by atoms with van der Waals surface area (Å²) in [4.78, 5) is 15.4. The van der Waals surface area contributed by atoms with E-state index >= 15 is 0 Å². The lowest BCUT2D eigenvalue weighted by Gasteiger charge is -2.32. The SMILES string of the molecule is Cc1cc(C(Cc2ccc(F)cc2)C2CCNCC2)cc2c1C(=O)N(CC1CCCCC1)C2. The lowest BCUT2D eigenvalue weighted by Crippen LogP contribution is -2.31. The molecule has 1 amide bonds. The number of hydrogen-bond acceptors (Lipinski definition) is 2. The molecule has 0 aromatic heterocycles. The van der Waals surface area contributed by atoms with Crippen molar-refractivity contribution in [3.8, 4) is 0 Å². The van der Waals surface area contributed by atoms with Crippen LogP contribution in [0.2, 0.25) is 0 Å². The average Bonchev–Trinajstić information content (AvgIpc) is 3.15. The molecule has 1 atom stereocenters. The van der Waals surface area contributed by atoms with Crippen LogP contribution < -0.4 is 5.32 Å². The van der Waals surface area contributed by atoms with Gasteiger partial charge in [0.1, 0.15) is 5.82 Å². The lowest BCUT2D eigenvalue weighted by molar-refractivity contribution is 0.0737. The van der Waals surface area contributed by atoms with Crippen molar-refractivity contribution in [1.29, 1.82) is 0 Å². The summed E-state index contributed by atoms with van der Waals surface area (Å²) in [5.41, 5.74) is 5.82. The van der Waals surface area contributed by atoms with Crippen molar-refractivity contribution in [2.24, 2.45) is 11.8 Å². The van der Waals surface area contributed by atoms with Gasteiger partial charge < -0.3 is 10.2 Å². The molecule has 0 spiro atoms. The van der Waals surface area contributed by atoms with Gasteiger partial charge in [0.15, 0.2) is 0 Å². The van der Waals surface area contributed by atoms with Crippen LogP contribution in [0.15, 0.2) is 36.4 Å². The van der Waals surface area contributed by atoms with Crippen LogP contribution in [0, 0.1) is 24.6 Å². The maximum Gasteiger partial charge on any atom is 0.254 e. The Balaban J connectivity index is 1.41. The molecule has 3 aliphatic rings. The summed E-state index contributed by atoms with van der Waals surface area (Å²) in [6, 6.07) is 11.6. The molecule has 0 bridgehead atoms. The molecule has 1 N–H and O–H groups in total. The van der Waals surface area contributed by atoms with Gasteiger partial charge in [0, 0.05) is 18.7 Å². The van der Waals surface area contributed by atoms with Gasteiger partial charge in [0.2, 0.25) is 0 Å². The second-order valence-electron chi connectivity index (χ2n) is 10.6. The molecule has 1 saturated heterocycles. The molecule has 4 heteroatoms. The number of rotatable bonds is 6. The van der Waals surface area contributed by atoms with Gasteiger partial charge in [-0.2, -0.15) is 0 Å². The number of benzene rings is 2. The summed E-state index contributed by atoms with van der Waals surface area (Å²) in [5.74, 6) is 1.71. The largest absolute Gasteiger partial charge is 0.334 e. The monoisotopic (exact) mass is 448 g/mol. The van der Waals surface area contributed by atoms with Gasteiger partial charge in [-0.15, -0.1) is 0 Å². The number of nitrogens with one attached hydrogen (secondary N) is 1. The minimum absolute atomic E-state index is 0.179. The van der Waals surface area contributed by atoms with E-state index in [-0.39, 0.29) is 11.7 Å². The summed E-state index contributed by atoms with van der Waals surface area (Å²) in [5, 5.41) is 3.49. The van der Waals surface area contributed by atoms with Crippen molar-refractivity contribution in [3.05, 3.63) is 70.0 Å². The quantitative estimate of drug-likeness (QED) is 0.588. The first kappa shape index (κ1) is 22.6. The minimum Gasteiger partial charge on any atom is -0.334 e. The van der Waals surface area contributed by atoms with Gasteiger partial charge in [0.25, 0.3) is 5.91 Å². The smallest absolute Gasteiger partial charge is 0.254 e. The van der Waals surface area contributed by atoms with Crippen molar-refractivity contribution >= 4 is 5.91 Å². The summed E-state index contributed by atoms with van der Waals surface area (Å²) >= 11 is 0. The Morgan fingerprint density at radius 2 is 1.76 bits per heavy atom. The molecule has 1 saturated carbocycles. The first-order chi connectivity index (χ1) is 16.1. The van der Waals surface area contributed by atoms with Crippen molar-refractivity contribution in [3.63, 3.8) is 0 Å². The molecule has 176 valence electrons. The Morgan fingerprint density at radius 1 is 1.03 bits per heavy atom. The van der Waals surface area contributed by atoms with Gasteiger partial charge in [0.05, 0.1) is 0 Å². The van der Waals surface area contributed by atoms with Crippen LogP contribution in [-0.2, 0) is 13.0 Å². The maximum atomic E-state index is 13.5. The molecule has 1 unspecified atom stereocenters. The van der Waals surface area contributed by atoms with E-state index in [4.69, 9.17) is 0 Å². The predicted octanol–water partition coefficient (Wildman–Crippen LogP) is 6.00. The number of piperidine rings is 1. The van der Waals surface area contributed by atoms with E-state index in [1.54, 1.807) is 12.1 Å². The van der Waals surface area contributed by atoms with E-state index in [9.17, 15) is 9.18 Å². The van der Waals surface area contributed by atoms with E-state index in [0.717, 1.165) is 56.6 Å². The number of halogens is 1. The highest BCUT2D eigenvalue weighted by Gasteiger charge is 2.33. The average molecular weight is 449 g/mol. The molecular formula is C29H37FN2O. The first-order valence-electron chi connectivity index (χ1n) is 13.0. The number of aryl methyl sites for hydroxylation is 1. The standard InChI is InChI=1S/C29H37FN2O/c1-20-15-24(17-25-19-32(29(33)28(20)25)18-22-5-3-2-4-6-22)27(23-11-13-31-14-12-23)16-21-7-9-26(30)10-8-21/h7-10,15,17,22-23,27,31H,2-6,11-14,16,18-19H2,1H3. The Hall–Kier alpha value is -2.20. The molecule has 33 heavy (non-hydrogen) atoms.